The number of nitrogens with one attached hydrogen (secondary N) is 2. The fourth-order valence-electron chi connectivity index (χ4n) is 3.31. The average molecular weight is 419 g/mol. The van der Waals surface area contributed by atoms with E-state index in [1.54, 1.807) is 24.3 Å². The summed E-state index contributed by atoms with van der Waals surface area (Å²) in [4.78, 5) is 22.8. The number of quaternary nitrogens is 1. The third-order valence-electron chi connectivity index (χ3n) is 4.84. The van der Waals surface area contributed by atoms with E-state index >= 15 is 0 Å². The van der Waals surface area contributed by atoms with Crippen molar-refractivity contribution in [1.29, 1.82) is 0 Å². The number of sulfonamides is 1. The Balaban J connectivity index is 1.59. The molecular weight excluding hydrogens is 396 g/mol. The summed E-state index contributed by atoms with van der Waals surface area (Å²) in [6.45, 7) is 4.19. The third kappa shape index (κ3) is 5.17. The zero-order chi connectivity index (χ0) is 21.0. The van der Waals surface area contributed by atoms with E-state index in [1.807, 2.05) is 0 Å². The van der Waals surface area contributed by atoms with Crippen molar-refractivity contribution in [3.8, 4) is 0 Å². The molecule has 3 rings (SSSR count). The summed E-state index contributed by atoms with van der Waals surface area (Å²) in [5.41, 5.74) is 1.59. The quantitative estimate of drug-likeness (QED) is 0.527. The molecule has 29 heavy (non-hydrogen) atoms. The van der Waals surface area contributed by atoms with Crippen LogP contribution in [0.25, 0.3) is 0 Å². The van der Waals surface area contributed by atoms with Crippen LogP contribution in [0.4, 0.5) is 11.4 Å². The third-order valence-corrected chi connectivity index (χ3v) is 6.76. The van der Waals surface area contributed by atoms with Crippen LogP contribution in [0.2, 0.25) is 0 Å². The van der Waals surface area contributed by atoms with E-state index in [4.69, 9.17) is 0 Å². The Morgan fingerprint density at radius 2 is 1.69 bits per heavy atom. The molecule has 10 heteroatoms. The molecule has 0 unspecified atom stereocenters. The number of non-ortho nitro benzene ring substituents is 1. The largest absolute Gasteiger partial charge is 0.329 e. The molecule has 2 N–H and O–H groups in total. The molecule has 1 amide bonds. The van der Waals surface area contributed by atoms with E-state index in [0.29, 0.717) is 38.4 Å². The van der Waals surface area contributed by atoms with E-state index in [9.17, 15) is 23.3 Å². The standard InChI is InChI=1S/C19H22N4O5S/c1-15(24)20-17-4-8-19(9-5-17)29(27,28)22-12-10-21(11-13-22)14-16-2-6-18(7-3-16)23(25)26/h2-9H,10-14H2,1H3,(H,20,24)/p+1. The van der Waals surface area contributed by atoms with Gasteiger partial charge in [-0.25, -0.2) is 8.42 Å². The lowest BCUT2D eigenvalue weighted by molar-refractivity contribution is -0.917. The van der Waals surface area contributed by atoms with Crippen LogP contribution in [-0.4, -0.2) is 49.7 Å². The number of hydrogen-bond donors (Lipinski definition) is 2. The molecule has 1 aliphatic heterocycles. The van der Waals surface area contributed by atoms with Crippen LogP contribution >= 0.6 is 0 Å². The van der Waals surface area contributed by atoms with Gasteiger partial charge in [-0.2, -0.15) is 4.31 Å². The predicted octanol–water partition coefficient (Wildman–Crippen LogP) is 0.643. The number of amides is 1. The summed E-state index contributed by atoms with van der Waals surface area (Å²) in [5.74, 6) is -0.215. The summed E-state index contributed by atoms with van der Waals surface area (Å²) in [6, 6.07) is 12.6. The molecule has 1 fully saturated rings. The molecule has 0 radical (unpaired) electrons. The van der Waals surface area contributed by atoms with Crippen molar-refractivity contribution < 1.29 is 23.0 Å². The summed E-state index contributed by atoms with van der Waals surface area (Å²) < 4.78 is 27.2. The van der Waals surface area contributed by atoms with Gasteiger partial charge in [0, 0.05) is 30.3 Å². The first-order valence-corrected chi connectivity index (χ1v) is 10.6. The molecule has 154 valence electrons. The molecule has 0 saturated carbocycles. The summed E-state index contributed by atoms with van der Waals surface area (Å²) in [7, 11) is -3.59. The number of hydrogen-bond acceptors (Lipinski definition) is 5. The van der Waals surface area contributed by atoms with Crippen molar-refractivity contribution in [3.63, 3.8) is 0 Å². The van der Waals surface area contributed by atoms with Crippen LogP contribution in [0.15, 0.2) is 53.4 Å². The highest BCUT2D eigenvalue weighted by atomic mass is 32.2. The van der Waals surface area contributed by atoms with Gasteiger partial charge in [-0.15, -0.1) is 0 Å². The molecular formula is C19H23N4O5S+. The lowest BCUT2D eigenvalue weighted by Crippen LogP contribution is -3.13. The van der Waals surface area contributed by atoms with Crippen molar-refractivity contribution in [3.05, 3.63) is 64.2 Å². The predicted molar refractivity (Wildman–Crippen MR) is 107 cm³/mol. The number of nitrogens with zero attached hydrogens (tertiary/aromatic N) is 2. The second-order valence-electron chi connectivity index (χ2n) is 6.96. The van der Waals surface area contributed by atoms with E-state index in [-0.39, 0.29) is 16.5 Å². The van der Waals surface area contributed by atoms with Gasteiger partial charge in [0.1, 0.15) is 6.54 Å². The lowest BCUT2D eigenvalue weighted by atomic mass is 10.2. The first-order valence-electron chi connectivity index (χ1n) is 9.20. The van der Waals surface area contributed by atoms with Gasteiger partial charge in [-0.3, -0.25) is 14.9 Å². The zero-order valence-electron chi connectivity index (χ0n) is 16.0. The van der Waals surface area contributed by atoms with Gasteiger partial charge in [-0.05, 0) is 36.4 Å². The van der Waals surface area contributed by atoms with Crippen molar-refractivity contribution in [2.45, 2.75) is 18.4 Å². The van der Waals surface area contributed by atoms with Crippen LogP contribution < -0.4 is 10.2 Å². The van der Waals surface area contributed by atoms with E-state index in [2.05, 4.69) is 5.32 Å². The first-order chi connectivity index (χ1) is 13.8. The van der Waals surface area contributed by atoms with Gasteiger partial charge in [0.25, 0.3) is 5.69 Å². The minimum absolute atomic E-state index is 0.0594. The Hall–Kier alpha value is -2.82. The van der Waals surface area contributed by atoms with Crippen molar-refractivity contribution in [2.75, 3.05) is 31.5 Å². The Labute approximate surface area is 169 Å². The number of benzene rings is 2. The lowest BCUT2D eigenvalue weighted by Gasteiger charge is -2.31. The van der Waals surface area contributed by atoms with Gasteiger partial charge in [0.15, 0.2) is 0 Å². The molecule has 0 aromatic heterocycles. The molecule has 2 aromatic rings. The second kappa shape index (κ2) is 8.68. The first kappa shape index (κ1) is 20.9. The van der Waals surface area contributed by atoms with Crippen molar-refractivity contribution >= 4 is 27.3 Å². The second-order valence-corrected chi connectivity index (χ2v) is 8.90. The molecule has 0 atom stereocenters. The number of piperazine rings is 1. The minimum atomic E-state index is -3.59. The maximum atomic E-state index is 12.9. The SMILES string of the molecule is CC(=O)Nc1ccc(S(=O)(=O)N2CC[NH+](Cc3ccc([N+](=O)[O-])cc3)CC2)cc1. The molecule has 1 heterocycles. The van der Waals surface area contributed by atoms with Gasteiger partial charge >= 0.3 is 0 Å². The summed E-state index contributed by atoms with van der Waals surface area (Å²) in [6.07, 6.45) is 0. The molecule has 2 aromatic carbocycles. The maximum Gasteiger partial charge on any atom is 0.269 e. The molecule has 1 aliphatic rings. The van der Waals surface area contributed by atoms with Crippen LogP contribution in [0.5, 0.6) is 0 Å². The van der Waals surface area contributed by atoms with E-state index < -0.39 is 14.9 Å². The highest BCUT2D eigenvalue weighted by Gasteiger charge is 2.30. The van der Waals surface area contributed by atoms with Gasteiger partial charge in [0.05, 0.1) is 36.0 Å². The Bertz CT molecular complexity index is 982. The highest BCUT2D eigenvalue weighted by molar-refractivity contribution is 7.89. The molecule has 9 nitrogen and oxygen atoms in total. The minimum Gasteiger partial charge on any atom is -0.329 e. The normalized spacial score (nSPS) is 15.8. The van der Waals surface area contributed by atoms with Gasteiger partial charge < -0.3 is 10.2 Å². The van der Waals surface area contributed by atoms with Crippen LogP contribution in [0.1, 0.15) is 12.5 Å². The average Bonchev–Trinajstić information content (AvgIpc) is 2.69. The molecule has 0 spiro atoms. The number of rotatable bonds is 6. The summed E-state index contributed by atoms with van der Waals surface area (Å²) in [5, 5.41) is 13.3. The highest BCUT2D eigenvalue weighted by Crippen LogP contribution is 2.18. The zero-order valence-corrected chi connectivity index (χ0v) is 16.8. The Kier molecular flexibility index (Phi) is 6.26. The monoisotopic (exact) mass is 419 g/mol. The summed E-state index contributed by atoms with van der Waals surface area (Å²) >= 11 is 0. The van der Waals surface area contributed by atoms with Gasteiger partial charge in [-0.1, -0.05) is 0 Å². The van der Waals surface area contributed by atoms with Gasteiger partial charge in [0.2, 0.25) is 15.9 Å². The molecule has 0 bridgehead atoms. The van der Waals surface area contributed by atoms with Crippen molar-refractivity contribution in [2.24, 2.45) is 0 Å². The number of anilines is 1. The fourth-order valence-corrected chi connectivity index (χ4v) is 4.75. The smallest absolute Gasteiger partial charge is 0.269 e. The van der Waals surface area contributed by atoms with Crippen molar-refractivity contribution in [1.82, 2.24) is 4.31 Å². The van der Waals surface area contributed by atoms with Crippen LogP contribution in [0.3, 0.4) is 0 Å². The number of nitro benzene ring substituents is 1. The topological polar surface area (TPSA) is 114 Å². The van der Waals surface area contributed by atoms with Crippen LogP contribution in [-0.2, 0) is 21.4 Å². The Morgan fingerprint density at radius 3 is 2.21 bits per heavy atom. The molecule has 0 aliphatic carbocycles. The van der Waals surface area contributed by atoms with E-state index in [1.165, 1.54) is 40.4 Å². The number of carbonyl (C=O) groups is 1. The van der Waals surface area contributed by atoms with Crippen LogP contribution in [0, 0.1) is 10.1 Å². The molecule has 1 saturated heterocycles. The fraction of sp³-hybridized carbons (Fsp3) is 0.316. The number of carbonyl (C=O) groups excluding carboxylic acids is 1. The Morgan fingerprint density at radius 1 is 1.10 bits per heavy atom. The maximum absolute atomic E-state index is 12.9. The number of nitro groups is 1. The van der Waals surface area contributed by atoms with E-state index in [0.717, 1.165) is 5.56 Å².